The molecule has 7 nitrogen and oxygen atoms in total. The molecular weight excluding hydrogens is 542 g/mol. The van der Waals surface area contributed by atoms with Gasteiger partial charge in [0.2, 0.25) is 0 Å². The van der Waals surface area contributed by atoms with Crippen molar-refractivity contribution in [3.05, 3.63) is 71.8 Å². The average molecular weight is 591 g/mol. The molecule has 3 aliphatic rings. The van der Waals surface area contributed by atoms with E-state index in [1.165, 1.54) is 43.3 Å². The monoisotopic (exact) mass is 590 g/mol. The van der Waals surface area contributed by atoms with Crippen molar-refractivity contribution in [2.24, 2.45) is 0 Å². The van der Waals surface area contributed by atoms with Gasteiger partial charge in [-0.2, -0.15) is 0 Å². The minimum Gasteiger partial charge on any atom is -0.462 e. The molecule has 3 fully saturated rings. The predicted octanol–water partition coefficient (Wildman–Crippen LogP) is 6.61. The zero-order valence-electron chi connectivity index (χ0n) is 25.9. The second-order valence-corrected chi connectivity index (χ2v) is 12.7. The SMILES string of the molecule is CCCCC(CC)OC(=O)CCC(=O)OC(C(=O)OC1CC2CCC(C1)[N+]21CCCC1)(c1ccccc1)c1ccccc1. The summed E-state index contributed by atoms with van der Waals surface area (Å²) in [4.78, 5) is 40.6. The van der Waals surface area contributed by atoms with Crippen LogP contribution in [0.3, 0.4) is 0 Å². The van der Waals surface area contributed by atoms with Gasteiger partial charge in [-0.25, -0.2) is 4.79 Å². The van der Waals surface area contributed by atoms with Crippen LogP contribution < -0.4 is 0 Å². The topological polar surface area (TPSA) is 78.9 Å². The van der Waals surface area contributed by atoms with E-state index < -0.39 is 23.5 Å². The van der Waals surface area contributed by atoms with Crippen molar-refractivity contribution in [1.82, 2.24) is 0 Å². The van der Waals surface area contributed by atoms with Crippen molar-refractivity contribution >= 4 is 17.9 Å². The normalized spacial score (nSPS) is 23.1. The van der Waals surface area contributed by atoms with Crippen LogP contribution in [0.5, 0.6) is 0 Å². The quantitative estimate of drug-likeness (QED) is 0.148. The van der Waals surface area contributed by atoms with Gasteiger partial charge in [-0.05, 0) is 12.8 Å². The largest absolute Gasteiger partial charge is 0.462 e. The van der Waals surface area contributed by atoms with E-state index in [1.54, 1.807) is 24.3 Å². The van der Waals surface area contributed by atoms with E-state index in [0.29, 0.717) is 23.2 Å². The van der Waals surface area contributed by atoms with E-state index >= 15 is 0 Å². The van der Waals surface area contributed by atoms with Gasteiger partial charge in [-0.15, -0.1) is 0 Å². The molecule has 232 valence electrons. The van der Waals surface area contributed by atoms with E-state index in [2.05, 4.69) is 6.92 Å². The Hall–Kier alpha value is -3.19. The fourth-order valence-electron chi connectivity index (χ4n) is 7.90. The maximum Gasteiger partial charge on any atom is 0.360 e. The first kappa shape index (κ1) is 31.2. The van der Waals surface area contributed by atoms with Gasteiger partial charge in [-0.1, -0.05) is 87.4 Å². The van der Waals surface area contributed by atoms with Gasteiger partial charge in [0, 0.05) is 49.7 Å². The smallest absolute Gasteiger partial charge is 0.360 e. The molecule has 3 aliphatic heterocycles. The lowest BCUT2D eigenvalue weighted by Crippen LogP contribution is -2.60. The highest BCUT2D eigenvalue weighted by Gasteiger charge is 2.57. The lowest BCUT2D eigenvalue weighted by Gasteiger charge is -2.47. The number of hydrogen-bond acceptors (Lipinski definition) is 6. The highest BCUT2D eigenvalue weighted by Crippen LogP contribution is 2.47. The molecule has 0 amide bonds. The van der Waals surface area contributed by atoms with Crippen molar-refractivity contribution in [2.45, 2.75) is 121 Å². The number of carbonyl (C=O) groups is 3. The summed E-state index contributed by atoms with van der Waals surface area (Å²) in [5, 5.41) is 0. The summed E-state index contributed by atoms with van der Waals surface area (Å²) in [5.41, 5.74) is -0.739. The standard InChI is InChI=1S/C36H48NO6/c1-3-5-18-31(4-2)41-33(38)21-22-34(39)43-36(27-14-8-6-9-15-27,28-16-10-7-11-17-28)35(40)42-32-25-29-19-20-30(26-32)37(29)23-12-13-24-37/h6-11,14-17,29-32H,3-5,12-13,18-26H2,1-2H3/q+1. The summed E-state index contributed by atoms with van der Waals surface area (Å²) in [5.74, 6) is -1.65. The molecule has 43 heavy (non-hydrogen) atoms. The number of carbonyl (C=O) groups excluding carboxylic acids is 3. The summed E-state index contributed by atoms with van der Waals surface area (Å²) in [7, 11) is 0. The van der Waals surface area contributed by atoms with Gasteiger partial charge in [0.25, 0.3) is 5.60 Å². The molecule has 3 atom stereocenters. The van der Waals surface area contributed by atoms with Crippen LogP contribution in [-0.4, -0.2) is 59.8 Å². The number of benzene rings is 2. The Balaban J connectivity index is 1.36. The van der Waals surface area contributed by atoms with Crippen LogP contribution in [0.4, 0.5) is 0 Å². The number of esters is 3. The molecule has 3 saturated heterocycles. The van der Waals surface area contributed by atoms with Gasteiger partial charge < -0.3 is 18.7 Å². The highest BCUT2D eigenvalue weighted by molar-refractivity contribution is 5.89. The lowest BCUT2D eigenvalue weighted by atomic mass is 9.85. The van der Waals surface area contributed by atoms with Crippen molar-refractivity contribution in [1.29, 1.82) is 0 Å². The Bertz CT molecular complexity index is 1170. The first-order valence-corrected chi connectivity index (χ1v) is 16.5. The van der Waals surface area contributed by atoms with Crippen molar-refractivity contribution in [2.75, 3.05) is 13.1 Å². The average Bonchev–Trinajstić information content (AvgIpc) is 3.58. The molecule has 0 aliphatic carbocycles. The molecule has 7 heteroatoms. The number of rotatable bonds is 13. The summed E-state index contributed by atoms with van der Waals surface area (Å²) < 4.78 is 19.4. The molecule has 3 heterocycles. The van der Waals surface area contributed by atoms with Crippen molar-refractivity contribution < 1.29 is 33.1 Å². The third-order valence-electron chi connectivity index (χ3n) is 10.1. The Labute approximate surface area is 256 Å². The van der Waals surface area contributed by atoms with Crippen LogP contribution in [0.2, 0.25) is 0 Å². The minimum absolute atomic E-state index is 0.109. The first-order valence-electron chi connectivity index (χ1n) is 16.5. The molecule has 2 aromatic carbocycles. The lowest BCUT2D eigenvalue weighted by molar-refractivity contribution is -0.956. The maximum absolute atomic E-state index is 14.4. The summed E-state index contributed by atoms with van der Waals surface area (Å²) in [6, 6.07) is 19.3. The van der Waals surface area contributed by atoms with E-state index in [-0.39, 0.29) is 25.0 Å². The van der Waals surface area contributed by atoms with E-state index in [0.717, 1.165) is 38.5 Å². The Morgan fingerprint density at radius 1 is 0.837 bits per heavy atom. The number of ether oxygens (including phenoxy) is 3. The van der Waals surface area contributed by atoms with E-state index in [4.69, 9.17) is 14.2 Å². The number of unbranched alkanes of at least 4 members (excludes halogenated alkanes) is 1. The fraction of sp³-hybridized carbons (Fsp3) is 0.583. The fourth-order valence-corrected chi connectivity index (χ4v) is 7.90. The van der Waals surface area contributed by atoms with Gasteiger partial charge in [0.05, 0.1) is 38.0 Å². The van der Waals surface area contributed by atoms with Gasteiger partial charge in [-0.3, -0.25) is 9.59 Å². The molecule has 3 unspecified atom stereocenters. The molecule has 0 saturated carbocycles. The van der Waals surface area contributed by atoms with Crippen LogP contribution in [0.15, 0.2) is 60.7 Å². The minimum atomic E-state index is -1.78. The summed E-state index contributed by atoms with van der Waals surface area (Å²) >= 11 is 0. The third-order valence-corrected chi connectivity index (χ3v) is 10.1. The molecule has 5 rings (SSSR count). The van der Waals surface area contributed by atoms with Crippen molar-refractivity contribution in [3.63, 3.8) is 0 Å². The van der Waals surface area contributed by atoms with Crippen LogP contribution in [0, 0.1) is 0 Å². The number of nitrogens with zero attached hydrogens (tertiary/aromatic N) is 1. The summed E-state index contributed by atoms with van der Waals surface area (Å²) in [6.45, 7) is 6.58. The van der Waals surface area contributed by atoms with Gasteiger partial charge in [0.15, 0.2) is 0 Å². The van der Waals surface area contributed by atoms with Gasteiger partial charge in [0.1, 0.15) is 12.2 Å². The molecule has 1 spiro atoms. The molecule has 2 bridgehead atoms. The summed E-state index contributed by atoms with van der Waals surface area (Å²) in [6.07, 6.45) is 9.50. The molecular formula is C36H48NO6+. The second kappa shape index (κ2) is 14.1. The molecule has 0 aromatic heterocycles. The third kappa shape index (κ3) is 6.67. The van der Waals surface area contributed by atoms with Crippen LogP contribution in [0.1, 0.15) is 102 Å². The Morgan fingerprint density at radius 2 is 1.40 bits per heavy atom. The number of hydrogen-bond donors (Lipinski definition) is 0. The second-order valence-electron chi connectivity index (χ2n) is 12.7. The van der Waals surface area contributed by atoms with Crippen molar-refractivity contribution in [3.8, 4) is 0 Å². The zero-order chi connectivity index (χ0) is 30.3. The maximum atomic E-state index is 14.4. The van der Waals surface area contributed by atoms with Gasteiger partial charge >= 0.3 is 17.9 Å². The predicted molar refractivity (Wildman–Crippen MR) is 164 cm³/mol. The highest BCUT2D eigenvalue weighted by atomic mass is 16.6. The van der Waals surface area contributed by atoms with E-state index in [9.17, 15) is 14.4 Å². The Kier molecular flexibility index (Phi) is 10.2. The first-order chi connectivity index (χ1) is 20.9. The van der Waals surface area contributed by atoms with Crippen LogP contribution >= 0.6 is 0 Å². The van der Waals surface area contributed by atoms with Crippen LogP contribution in [0.25, 0.3) is 0 Å². The molecule has 2 aromatic rings. The molecule has 0 radical (unpaired) electrons. The number of piperidine rings is 1. The van der Waals surface area contributed by atoms with E-state index in [1.807, 2.05) is 43.3 Å². The molecule has 0 N–H and O–H groups in total. The zero-order valence-corrected chi connectivity index (χ0v) is 25.9. The van der Waals surface area contributed by atoms with Crippen LogP contribution in [-0.2, 0) is 34.2 Å². The number of quaternary nitrogens is 1. The Morgan fingerprint density at radius 3 is 1.93 bits per heavy atom.